The van der Waals surface area contributed by atoms with Gasteiger partial charge in [0.1, 0.15) is 11.6 Å². The van der Waals surface area contributed by atoms with Crippen LogP contribution in [0, 0.1) is 26.6 Å². The molecular weight excluding hydrogens is 315 g/mol. The maximum absolute atomic E-state index is 13.5. The molecule has 0 spiro atoms. The van der Waals surface area contributed by atoms with E-state index >= 15 is 0 Å². The molecule has 1 atom stereocenters. The van der Waals surface area contributed by atoms with Crippen LogP contribution >= 0.6 is 0 Å². The van der Waals surface area contributed by atoms with E-state index in [1.54, 1.807) is 18.7 Å². The summed E-state index contributed by atoms with van der Waals surface area (Å²) in [5.74, 6) is -0.00820. The van der Waals surface area contributed by atoms with Crippen LogP contribution in [0.4, 0.5) is 4.39 Å². The maximum Gasteiger partial charge on any atom is 0.287 e. The monoisotopic (exact) mass is 334 g/mol. The van der Waals surface area contributed by atoms with Gasteiger partial charge >= 0.3 is 0 Å². The summed E-state index contributed by atoms with van der Waals surface area (Å²) in [6.45, 7) is 5.58. The highest BCUT2D eigenvalue weighted by Crippen LogP contribution is 2.30. The van der Waals surface area contributed by atoms with Crippen molar-refractivity contribution in [2.75, 3.05) is 6.54 Å². The Morgan fingerprint density at radius 2 is 2.12 bits per heavy atom. The van der Waals surface area contributed by atoms with Gasteiger partial charge in [-0.05, 0) is 33.6 Å². The molecule has 128 valence electrons. The van der Waals surface area contributed by atoms with E-state index in [4.69, 9.17) is 4.52 Å². The van der Waals surface area contributed by atoms with Crippen LogP contribution in [-0.4, -0.2) is 32.5 Å². The topological polar surface area (TPSA) is 92.1 Å². The lowest BCUT2D eigenvalue weighted by molar-refractivity contribution is -0.131. The number of aromatic amines is 1. The van der Waals surface area contributed by atoms with Crippen molar-refractivity contribution in [2.24, 2.45) is 0 Å². The number of nitrogens with one attached hydrogen (secondary N) is 1. The number of carbonyl (C=O) groups is 1. The van der Waals surface area contributed by atoms with E-state index in [-0.39, 0.29) is 24.1 Å². The second-order valence-electron chi connectivity index (χ2n) is 6.08. The van der Waals surface area contributed by atoms with Crippen molar-refractivity contribution in [3.8, 4) is 0 Å². The van der Waals surface area contributed by atoms with E-state index in [1.165, 1.54) is 6.92 Å². The van der Waals surface area contributed by atoms with Gasteiger partial charge in [0.2, 0.25) is 11.7 Å². The second-order valence-corrected chi connectivity index (χ2v) is 6.08. The number of hydrogen-bond acceptors (Lipinski definition) is 5. The van der Waals surface area contributed by atoms with Crippen LogP contribution < -0.4 is 5.56 Å². The predicted octanol–water partition coefficient (Wildman–Crippen LogP) is 1.73. The summed E-state index contributed by atoms with van der Waals surface area (Å²) < 4.78 is 18.6. The van der Waals surface area contributed by atoms with Crippen molar-refractivity contribution in [1.82, 2.24) is 20.0 Å². The molecule has 0 radical (unpaired) electrons. The number of likely N-dealkylation sites (tertiary alicyclic amines) is 1. The fourth-order valence-electron chi connectivity index (χ4n) is 3.11. The minimum Gasteiger partial charge on any atom is -0.361 e. The number of H-pyrrole nitrogens is 1. The van der Waals surface area contributed by atoms with Gasteiger partial charge in [-0.25, -0.2) is 4.98 Å². The van der Waals surface area contributed by atoms with Crippen molar-refractivity contribution in [3.05, 3.63) is 44.7 Å². The molecular formula is C16H19FN4O3. The third-order valence-corrected chi connectivity index (χ3v) is 4.44. The molecule has 0 aliphatic carbocycles. The number of aromatic nitrogens is 3. The average Bonchev–Trinajstić information content (AvgIpc) is 3.14. The van der Waals surface area contributed by atoms with E-state index in [2.05, 4.69) is 15.1 Å². The van der Waals surface area contributed by atoms with Gasteiger partial charge in [-0.2, -0.15) is 4.39 Å². The van der Waals surface area contributed by atoms with Gasteiger partial charge in [-0.15, -0.1) is 0 Å². The molecule has 7 nitrogen and oxygen atoms in total. The first-order valence-electron chi connectivity index (χ1n) is 7.86. The fourth-order valence-corrected chi connectivity index (χ4v) is 3.11. The maximum atomic E-state index is 13.5. The summed E-state index contributed by atoms with van der Waals surface area (Å²) in [5.41, 5.74) is 0.712. The molecule has 3 rings (SSSR count). The summed E-state index contributed by atoms with van der Waals surface area (Å²) in [6.07, 6.45) is 1.67. The largest absolute Gasteiger partial charge is 0.361 e. The van der Waals surface area contributed by atoms with E-state index in [9.17, 15) is 14.0 Å². The fraction of sp³-hybridized carbons (Fsp3) is 0.500. The van der Waals surface area contributed by atoms with Gasteiger partial charge < -0.3 is 14.4 Å². The van der Waals surface area contributed by atoms with Crippen molar-refractivity contribution in [3.63, 3.8) is 0 Å². The summed E-state index contributed by atoms with van der Waals surface area (Å²) in [4.78, 5) is 32.6. The Balaban J connectivity index is 1.85. The summed E-state index contributed by atoms with van der Waals surface area (Å²) in [5, 5.41) is 3.86. The number of carbonyl (C=O) groups excluding carboxylic acids is 1. The predicted molar refractivity (Wildman–Crippen MR) is 82.9 cm³/mol. The third kappa shape index (κ3) is 2.83. The van der Waals surface area contributed by atoms with Crippen molar-refractivity contribution in [1.29, 1.82) is 0 Å². The second kappa shape index (κ2) is 6.18. The normalized spacial score (nSPS) is 17.5. The molecule has 2 aromatic rings. The van der Waals surface area contributed by atoms with Crippen molar-refractivity contribution >= 4 is 5.91 Å². The van der Waals surface area contributed by atoms with Crippen LogP contribution in [0.25, 0.3) is 0 Å². The molecule has 0 saturated carbocycles. The zero-order valence-electron chi connectivity index (χ0n) is 13.9. The van der Waals surface area contributed by atoms with Crippen LogP contribution in [0.5, 0.6) is 0 Å². The third-order valence-electron chi connectivity index (χ3n) is 4.44. The average molecular weight is 334 g/mol. The molecule has 1 fully saturated rings. The highest BCUT2D eigenvalue weighted by molar-refractivity contribution is 5.79. The van der Waals surface area contributed by atoms with Gasteiger partial charge in [0.05, 0.1) is 23.9 Å². The van der Waals surface area contributed by atoms with Crippen LogP contribution in [0.15, 0.2) is 9.32 Å². The number of amides is 1. The minimum absolute atomic E-state index is 0.0405. The van der Waals surface area contributed by atoms with Crippen LogP contribution in [-0.2, 0) is 11.2 Å². The molecule has 2 aromatic heterocycles. The Bertz CT molecular complexity index is 823. The smallest absolute Gasteiger partial charge is 0.287 e. The Morgan fingerprint density at radius 3 is 2.75 bits per heavy atom. The number of hydrogen-bond donors (Lipinski definition) is 1. The molecule has 24 heavy (non-hydrogen) atoms. The van der Waals surface area contributed by atoms with Crippen LogP contribution in [0.2, 0.25) is 0 Å². The summed E-state index contributed by atoms with van der Waals surface area (Å²) >= 11 is 0. The Kier molecular flexibility index (Phi) is 4.21. The first-order valence-corrected chi connectivity index (χ1v) is 7.86. The first kappa shape index (κ1) is 16.4. The molecule has 8 heteroatoms. The zero-order chi connectivity index (χ0) is 17.4. The molecule has 1 aliphatic rings. The number of rotatable bonds is 3. The Morgan fingerprint density at radius 1 is 1.38 bits per heavy atom. The lowest BCUT2D eigenvalue weighted by Gasteiger charge is -2.24. The number of nitrogens with zero attached hydrogens (tertiary/aromatic N) is 3. The van der Waals surface area contributed by atoms with Crippen LogP contribution in [0.1, 0.15) is 47.4 Å². The lowest BCUT2D eigenvalue weighted by atomic mass is 10.1. The molecule has 0 bridgehead atoms. The highest BCUT2D eigenvalue weighted by Gasteiger charge is 2.33. The number of aryl methyl sites for hydroxylation is 3. The molecule has 3 heterocycles. The van der Waals surface area contributed by atoms with Gasteiger partial charge in [0, 0.05) is 12.1 Å². The minimum atomic E-state index is -0.884. The number of halogens is 1. The zero-order valence-corrected chi connectivity index (χ0v) is 13.9. The lowest BCUT2D eigenvalue weighted by Crippen LogP contribution is -2.34. The van der Waals surface area contributed by atoms with Gasteiger partial charge in [0.25, 0.3) is 5.56 Å². The van der Waals surface area contributed by atoms with E-state index < -0.39 is 11.4 Å². The summed E-state index contributed by atoms with van der Waals surface area (Å²) in [6, 6.07) is -0.343. The van der Waals surface area contributed by atoms with Gasteiger partial charge in [0.15, 0.2) is 0 Å². The van der Waals surface area contributed by atoms with Gasteiger partial charge in [-0.3, -0.25) is 9.59 Å². The molecule has 1 aliphatic heterocycles. The van der Waals surface area contributed by atoms with E-state index in [0.717, 1.165) is 12.0 Å². The van der Waals surface area contributed by atoms with E-state index in [0.29, 0.717) is 30.2 Å². The molecule has 0 aromatic carbocycles. The molecule has 0 unspecified atom stereocenters. The SMILES string of the molecule is Cc1noc(C)c1CC(=O)N1CCC[C@@H]1c1nc(C)c(F)c(=O)[nH]1. The highest BCUT2D eigenvalue weighted by atomic mass is 19.1. The van der Waals surface area contributed by atoms with E-state index in [1.807, 2.05) is 0 Å². The summed E-state index contributed by atoms with van der Waals surface area (Å²) in [7, 11) is 0. The Hall–Kier alpha value is -2.51. The van der Waals surface area contributed by atoms with Crippen molar-refractivity contribution in [2.45, 2.75) is 46.1 Å². The molecule has 1 saturated heterocycles. The molecule has 1 amide bonds. The van der Waals surface area contributed by atoms with Crippen molar-refractivity contribution < 1.29 is 13.7 Å². The quantitative estimate of drug-likeness (QED) is 0.923. The Labute approximate surface area is 137 Å². The standard InChI is InChI=1S/C16H19FN4O3/c1-8-11(10(3)24-20-8)7-13(22)21-6-4-5-12(21)15-18-9(2)14(17)16(23)19-15/h12H,4-7H2,1-3H3,(H,18,19,23)/t12-/m1/s1. The first-order chi connectivity index (χ1) is 11.4. The van der Waals surface area contributed by atoms with Gasteiger partial charge in [-0.1, -0.05) is 5.16 Å². The molecule has 1 N–H and O–H groups in total. The van der Waals surface area contributed by atoms with Crippen LogP contribution in [0.3, 0.4) is 0 Å².